The molecule has 2 rings (SSSR count). The summed E-state index contributed by atoms with van der Waals surface area (Å²) in [7, 11) is -1.51. The van der Waals surface area contributed by atoms with Gasteiger partial charge >= 0.3 is 0 Å². The molecule has 0 heterocycles. The monoisotopic (exact) mass is 326 g/mol. The maximum atomic E-state index is 12.2. The minimum Gasteiger partial charge on any atom is -0.293 e. The van der Waals surface area contributed by atoms with E-state index in [0.29, 0.717) is 20.5 Å². The minimum atomic E-state index is -1.51. The van der Waals surface area contributed by atoms with Crippen LogP contribution in [0.25, 0.3) is 0 Å². The summed E-state index contributed by atoms with van der Waals surface area (Å²) in [4.78, 5) is 12.5. The van der Waals surface area contributed by atoms with Crippen molar-refractivity contribution in [2.24, 2.45) is 0 Å². The summed E-state index contributed by atoms with van der Waals surface area (Å²) in [5.74, 6) is -0.289. The molecule has 1 unspecified atom stereocenters. The van der Waals surface area contributed by atoms with Gasteiger partial charge in [-0.2, -0.15) is 0 Å². The molecular weight excluding hydrogens is 315 g/mol. The zero-order valence-electron chi connectivity index (χ0n) is 10.7. The van der Waals surface area contributed by atoms with Crippen molar-refractivity contribution in [1.29, 1.82) is 0 Å². The van der Waals surface area contributed by atoms with Gasteiger partial charge in [0, 0.05) is 10.6 Å². The Morgan fingerprint density at radius 1 is 1.10 bits per heavy atom. The van der Waals surface area contributed by atoms with Crippen LogP contribution in [0.15, 0.2) is 47.4 Å². The van der Waals surface area contributed by atoms with Crippen LogP contribution in [0.1, 0.15) is 15.9 Å². The number of rotatable bonds is 4. The molecule has 2 aromatic carbocycles. The predicted molar refractivity (Wildman–Crippen MR) is 83.2 cm³/mol. The van der Waals surface area contributed by atoms with Crippen molar-refractivity contribution < 1.29 is 9.00 Å². The predicted octanol–water partition coefficient (Wildman–Crippen LogP) is 4.29. The van der Waals surface area contributed by atoms with Crippen LogP contribution in [0.2, 0.25) is 10.0 Å². The van der Waals surface area contributed by atoms with Crippen LogP contribution in [0, 0.1) is 6.92 Å². The fraction of sp³-hybridized carbons (Fsp3) is 0.133. The topological polar surface area (TPSA) is 34.1 Å². The molecule has 0 aromatic heterocycles. The first-order valence-electron chi connectivity index (χ1n) is 5.90. The quantitative estimate of drug-likeness (QED) is 0.785. The van der Waals surface area contributed by atoms with Gasteiger partial charge in [0.1, 0.15) is 0 Å². The van der Waals surface area contributed by atoms with Crippen molar-refractivity contribution in [1.82, 2.24) is 0 Å². The van der Waals surface area contributed by atoms with Gasteiger partial charge in [0.2, 0.25) is 0 Å². The molecule has 0 saturated heterocycles. The first-order chi connectivity index (χ1) is 9.47. The Labute approximate surface area is 130 Å². The van der Waals surface area contributed by atoms with Gasteiger partial charge in [-0.1, -0.05) is 53.0 Å². The van der Waals surface area contributed by atoms with Gasteiger partial charge in [-0.3, -0.25) is 9.00 Å². The van der Waals surface area contributed by atoms with Crippen LogP contribution in [-0.4, -0.2) is 15.7 Å². The second-order valence-electron chi connectivity index (χ2n) is 4.35. The van der Waals surface area contributed by atoms with E-state index in [1.54, 1.807) is 24.3 Å². The maximum absolute atomic E-state index is 12.2. The Morgan fingerprint density at radius 2 is 1.75 bits per heavy atom. The van der Waals surface area contributed by atoms with Crippen molar-refractivity contribution in [3.05, 3.63) is 63.6 Å². The van der Waals surface area contributed by atoms with Crippen molar-refractivity contribution in [3.8, 4) is 0 Å². The number of ketones is 1. The first-order valence-corrected chi connectivity index (χ1v) is 7.98. The summed E-state index contributed by atoms with van der Waals surface area (Å²) < 4.78 is 12.2. The highest BCUT2D eigenvalue weighted by Gasteiger charge is 2.15. The molecule has 0 saturated carbocycles. The maximum Gasteiger partial charge on any atom is 0.175 e. The van der Waals surface area contributed by atoms with E-state index >= 15 is 0 Å². The summed E-state index contributed by atoms with van der Waals surface area (Å²) in [6.45, 7) is 1.94. The number of carbonyl (C=O) groups excluding carboxylic acids is 1. The van der Waals surface area contributed by atoms with Crippen LogP contribution >= 0.6 is 23.2 Å². The van der Waals surface area contributed by atoms with Crippen LogP contribution in [-0.2, 0) is 10.8 Å². The van der Waals surface area contributed by atoms with E-state index < -0.39 is 10.8 Å². The van der Waals surface area contributed by atoms with Gasteiger partial charge < -0.3 is 0 Å². The van der Waals surface area contributed by atoms with E-state index in [9.17, 15) is 9.00 Å². The van der Waals surface area contributed by atoms with E-state index in [4.69, 9.17) is 23.2 Å². The van der Waals surface area contributed by atoms with Crippen LogP contribution < -0.4 is 0 Å². The zero-order chi connectivity index (χ0) is 14.7. The van der Waals surface area contributed by atoms with Crippen molar-refractivity contribution in [2.75, 3.05) is 5.75 Å². The van der Waals surface area contributed by atoms with Crippen molar-refractivity contribution in [2.45, 2.75) is 11.8 Å². The molecule has 0 aliphatic heterocycles. The number of aryl methyl sites for hydroxylation is 1. The highest BCUT2D eigenvalue weighted by molar-refractivity contribution is 7.86. The van der Waals surface area contributed by atoms with E-state index in [2.05, 4.69) is 0 Å². The number of halogens is 2. The molecule has 0 amide bonds. The van der Waals surface area contributed by atoms with Crippen LogP contribution in [0.5, 0.6) is 0 Å². The third-order valence-electron chi connectivity index (χ3n) is 2.77. The van der Waals surface area contributed by atoms with Gasteiger partial charge in [0.25, 0.3) is 0 Å². The van der Waals surface area contributed by atoms with Gasteiger partial charge in [-0.15, -0.1) is 0 Å². The van der Waals surface area contributed by atoms with Gasteiger partial charge in [0.05, 0.1) is 26.5 Å². The molecule has 1 atom stereocenters. The molecule has 0 aliphatic carbocycles. The summed E-state index contributed by atoms with van der Waals surface area (Å²) in [5.41, 5.74) is 1.61. The van der Waals surface area contributed by atoms with E-state index in [0.717, 1.165) is 5.56 Å². The third kappa shape index (κ3) is 3.69. The lowest BCUT2D eigenvalue weighted by Gasteiger charge is -2.05. The van der Waals surface area contributed by atoms with Crippen LogP contribution in [0.4, 0.5) is 0 Å². The van der Waals surface area contributed by atoms with Gasteiger partial charge in [0.15, 0.2) is 5.78 Å². The molecule has 5 heteroatoms. The number of benzene rings is 2. The zero-order valence-corrected chi connectivity index (χ0v) is 13.1. The highest BCUT2D eigenvalue weighted by atomic mass is 35.5. The Bertz CT molecular complexity index is 666. The van der Waals surface area contributed by atoms with Gasteiger partial charge in [-0.05, 0) is 25.1 Å². The molecule has 0 N–H and O–H groups in total. The summed E-state index contributed by atoms with van der Waals surface area (Å²) in [5, 5.41) is 0.796. The second-order valence-corrected chi connectivity index (χ2v) is 6.62. The average Bonchev–Trinajstić information content (AvgIpc) is 2.42. The molecule has 0 bridgehead atoms. The van der Waals surface area contributed by atoms with E-state index in [1.165, 1.54) is 6.07 Å². The largest absolute Gasteiger partial charge is 0.293 e. The summed E-state index contributed by atoms with van der Waals surface area (Å²) >= 11 is 11.8. The lowest BCUT2D eigenvalue weighted by Crippen LogP contribution is -2.11. The Balaban J connectivity index is 2.17. The summed E-state index contributed by atoms with van der Waals surface area (Å²) in [6.07, 6.45) is 0. The fourth-order valence-corrected chi connectivity index (χ4v) is 3.39. The first kappa shape index (κ1) is 15.2. The lowest BCUT2D eigenvalue weighted by atomic mass is 10.1. The number of carbonyl (C=O) groups is 1. The Kier molecular flexibility index (Phi) is 4.97. The number of Topliss-reactive ketones (excluding diaryl/α,β-unsaturated/α-hetero) is 1. The van der Waals surface area contributed by atoms with E-state index in [1.807, 2.05) is 19.1 Å². The van der Waals surface area contributed by atoms with Crippen molar-refractivity contribution >= 4 is 39.8 Å². The van der Waals surface area contributed by atoms with E-state index in [-0.39, 0.29) is 11.5 Å². The smallest absolute Gasteiger partial charge is 0.175 e. The molecule has 0 radical (unpaired) electrons. The molecule has 0 spiro atoms. The fourth-order valence-electron chi connectivity index (χ4n) is 1.67. The molecule has 0 aliphatic rings. The Hall–Kier alpha value is -1.16. The van der Waals surface area contributed by atoms with Gasteiger partial charge in [-0.25, -0.2) is 0 Å². The summed E-state index contributed by atoms with van der Waals surface area (Å²) in [6, 6.07) is 11.9. The molecular formula is C15H12Cl2O2S. The normalized spacial score (nSPS) is 12.2. The molecule has 2 aromatic rings. The third-order valence-corrected chi connectivity index (χ3v) is 4.80. The lowest BCUT2D eigenvalue weighted by molar-refractivity contribution is 0.102. The Morgan fingerprint density at radius 3 is 2.40 bits per heavy atom. The highest BCUT2D eigenvalue weighted by Crippen LogP contribution is 2.24. The molecule has 0 fully saturated rings. The second kappa shape index (κ2) is 6.53. The SMILES string of the molecule is Cc1ccc(C(=O)CS(=O)c2cc(Cl)ccc2Cl)cc1. The minimum absolute atomic E-state index is 0.108. The average molecular weight is 327 g/mol. The number of hydrogen-bond acceptors (Lipinski definition) is 2. The standard InChI is InChI=1S/C15H12Cl2O2S/c1-10-2-4-11(5-3-10)14(18)9-20(19)15-8-12(16)6-7-13(15)17/h2-8H,9H2,1H3. The van der Waals surface area contributed by atoms with Crippen molar-refractivity contribution in [3.63, 3.8) is 0 Å². The molecule has 20 heavy (non-hydrogen) atoms. The molecule has 104 valence electrons. The van der Waals surface area contributed by atoms with Crippen LogP contribution in [0.3, 0.4) is 0 Å². The number of hydrogen-bond donors (Lipinski definition) is 0. The molecule has 2 nitrogen and oxygen atoms in total.